The van der Waals surface area contributed by atoms with Crippen LogP contribution in [-0.4, -0.2) is 24.7 Å². The van der Waals surface area contributed by atoms with Gasteiger partial charge in [-0.25, -0.2) is 0 Å². The second-order valence-corrected chi connectivity index (χ2v) is 7.94. The smallest absolute Gasteiger partial charge is 0.0164 e. The van der Waals surface area contributed by atoms with Gasteiger partial charge in [-0.1, -0.05) is 27.7 Å². The Bertz CT molecular complexity index is 247. The molecule has 0 saturated heterocycles. The molecule has 0 aromatic carbocycles. The van der Waals surface area contributed by atoms with Crippen LogP contribution in [0.1, 0.15) is 55.4 Å². The molecular weight excluding hydrogens is 208 g/mol. The maximum atomic E-state index is 3.67. The Morgan fingerprint density at radius 3 is 1.88 bits per heavy atom. The van der Waals surface area contributed by atoms with Crippen LogP contribution in [0.25, 0.3) is 0 Å². The number of nitrogens with one attached hydrogen (secondary N) is 2. The molecular formula is C15H32N2. The predicted octanol–water partition coefficient (Wildman–Crippen LogP) is 3.03. The summed E-state index contributed by atoms with van der Waals surface area (Å²) in [5.74, 6) is 0.812. The molecule has 1 fully saturated rings. The van der Waals surface area contributed by atoms with E-state index in [9.17, 15) is 0 Å². The lowest BCUT2D eigenvalue weighted by Crippen LogP contribution is -2.45. The van der Waals surface area contributed by atoms with E-state index in [1.807, 2.05) is 0 Å². The van der Waals surface area contributed by atoms with E-state index < -0.39 is 0 Å². The molecule has 17 heavy (non-hydrogen) atoms. The van der Waals surface area contributed by atoms with Crippen molar-refractivity contribution in [2.75, 3.05) is 13.1 Å². The van der Waals surface area contributed by atoms with E-state index in [2.05, 4.69) is 66.0 Å². The Labute approximate surface area is 108 Å². The van der Waals surface area contributed by atoms with Gasteiger partial charge in [0, 0.05) is 18.1 Å². The van der Waals surface area contributed by atoms with Crippen LogP contribution in [0, 0.1) is 16.7 Å². The minimum absolute atomic E-state index is 0.216. The molecule has 0 aromatic rings. The van der Waals surface area contributed by atoms with Crippen molar-refractivity contribution in [3.63, 3.8) is 0 Å². The number of hydrogen-bond donors (Lipinski definition) is 2. The summed E-state index contributed by atoms with van der Waals surface area (Å²) in [6.45, 7) is 20.6. The third kappa shape index (κ3) is 3.45. The zero-order valence-electron chi connectivity index (χ0n) is 13.1. The van der Waals surface area contributed by atoms with Gasteiger partial charge in [-0.15, -0.1) is 0 Å². The van der Waals surface area contributed by atoms with Crippen molar-refractivity contribution in [2.45, 2.75) is 67.0 Å². The van der Waals surface area contributed by atoms with Gasteiger partial charge in [-0.2, -0.15) is 0 Å². The molecule has 0 radical (unpaired) electrons. The normalized spacial score (nSPS) is 24.7. The summed E-state index contributed by atoms with van der Waals surface area (Å²) >= 11 is 0. The molecule has 0 aliphatic heterocycles. The van der Waals surface area contributed by atoms with Crippen LogP contribution in [0.5, 0.6) is 0 Å². The van der Waals surface area contributed by atoms with Crippen LogP contribution < -0.4 is 10.6 Å². The van der Waals surface area contributed by atoms with Crippen LogP contribution in [0.15, 0.2) is 0 Å². The Morgan fingerprint density at radius 2 is 1.53 bits per heavy atom. The van der Waals surface area contributed by atoms with Crippen LogP contribution in [0.2, 0.25) is 0 Å². The highest BCUT2D eigenvalue weighted by molar-refractivity contribution is 5.12. The molecule has 0 heterocycles. The predicted molar refractivity (Wildman–Crippen MR) is 76.3 cm³/mol. The zero-order valence-corrected chi connectivity index (χ0v) is 13.1. The molecule has 102 valence electrons. The van der Waals surface area contributed by atoms with Crippen molar-refractivity contribution in [1.29, 1.82) is 0 Å². The van der Waals surface area contributed by atoms with E-state index >= 15 is 0 Å². The monoisotopic (exact) mass is 240 g/mol. The molecule has 1 atom stereocenters. The molecule has 1 rings (SSSR count). The molecule has 1 aliphatic carbocycles. The highest BCUT2D eigenvalue weighted by Crippen LogP contribution is 2.67. The second-order valence-electron chi connectivity index (χ2n) is 7.94. The quantitative estimate of drug-likeness (QED) is 0.772. The van der Waals surface area contributed by atoms with E-state index in [1.165, 1.54) is 0 Å². The lowest BCUT2D eigenvalue weighted by Gasteiger charge is -2.24. The molecule has 0 aromatic heterocycles. The third-order valence-electron chi connectivity index (χ3n) is 4.93. The first-order chi connectivity index (χ1) is 7.48. The van der Waals surface area contributed by atoms with E-state index in [-0.39, 0.29) is 5.54 Å². The second kappa shape index (κ2) is 4.55. The standard InChI is InChI=1S/C15H32N2/c1-11(9-17-13(2,3)4)16-10-12-14(5,6)15(12,7)8/h11-12,16-17H,9-10H2,1-8H3. The van der Waals surface area contributed by atoms with Gasteiger partial charge in [0.1, 0.15) is 0 Å². The minimum Gasteiger partial charge on any atom is -0.313 e. The molecule has 2 nitrogen and oxygen atoms in total. The van der Waals surface area contributed by atoms with Gasteiger partial charge in [-0.3, -0.25) is 0 Å². The SMILES string of the molecule is CC(CNC(C)(C)C)NCC1C(C)(C)C1(C)C. The Kier molecular flexibility index (Phi) is 4.01. The van der Waals surface area contributed by atoms with Crippen LogP contribution >= 0.6 is 0 Å². The molecule has 0 amide bonds. The van der Waals surface area contributed by atoms with Crippen molar-refractivity contribution in [3.05, 3.63) is 0 Å². The molecule has 1 unspecified atom stereocenters. The minimum atomic E-state index is 0.216. The van der Waals surface area contributed by atoms with Crippen molar-refractivity contribution in [2.24, 2.45) is 16.7 Å². The zero-order chi connectivity index (χ0) is 13.5. The topological polar surface area (TPSA) is 24.1 Å². The molecule has 2 N–H and O–H groups in total. The summed E-state index contributed by atoms with van der Waals surface area (Å²) in [6.07, 6.45) is 0. The van der Waals surface area contributed by atoms with Gasteiger partial charge >= 0.3 is 0 Å². The van der Waals surface area contributed by atoms with Gasteiger partial charge in [0.15, 0.2) is 0 Å². The van der Waals surface area contributed by atoms with Crippen LogP contribution in [-0.2, 0) is 0 Å². The average molecular weight is 240 g/mol. The number of hydrogen-bond acceptors (Lipinski definition) is 2. The maximum Gasteiger partial charge on any atom is 0.0164 e. The first-order valence-corrected chi connectivity index (χ1v) is 6.97. The van der Waals surface area contributed by atoms with Crippen LogP contribution in [0.4, 0.5) is 0 Å². The van der Waals surface area contributed by atoms with E-state index in [0.717, 1.165) is 19.0 Å². The summed E-state index contributed by atoms with van der Waals surface area (Å²) < 4.78 is 0. The fraction of sp³-hybridized carbons (Fsp3) is 1.00. The maximum absolute atomic E-state index is 3.67. The molecule has 0 bridgehead atoms. The van der Waals surface area contributed by atoms with Crippen molar-refractivity contribution in [3.8, 4) is 0 Å². The average Bonchev–Trinajstić information content (AvgIpc) is 2.50. The summed E-state index contributed by atoms with van der Waals surface area (Å²) in [6, 6.07) is 0.543. The van der Waals surface area contributed by atoms with Gasteiger partial charge in [0.25, 0.3) is 0 Å². The molecule has 1 saturated carbocycles. The van der Waals surface area contributed by atoms with Crippen molar-refractivity contribution < 1.29 is 0 Å². The Balaban J connectivity index is 2.24. The van der Waals surface area contributed by atoms with Crippen LogP contribution in [0.3, 0.4) is 0 Å². The van der Waals surface area contributed by atoms with Gasteiger partial charge in [0.2, 0.25) is 0 Å². The summed E-state index contributed by atoms with van der Waals surface area (Å²) in [7, 11) is 0. The van der Waals surface area contributed by atoms with E-state index in [1.54, 1.807) is 0 Å². The van der Waals surface area contributed by atoms with E-state index in [0.29, 0.717) is 16.9 Å². The fourth-order valence-electron chi connectivity index (χ4n) is 2.69. The summed E-state index contributed by atoms with van der Waals surface area (Å²) in [5, 5.41) is 7.21. The fourth-order valence-corrected chi connectivity index (χ4v) is 2.69. The van der Waals surface area contributed by atoms with E-state index in [4.69, 9.17) is 0 Å². The Morgan fingerprint density at radius 1 is 1.06 bits per heavy atom. The summed E-state index contributed by atoms with van der Waals surface area (Å²) in [4.78, 5) is 0. The van der Waals surface area contributed by atoms with Crippen molar-refractivity contribution >= 4 is 0 Å². The lowest BCUT2D eigenvalue weighted by atomic mass is 10.0. The molecule has 0 spiro atoms. The van der Waals surface area contributed by atoms with Gasteiger partial charge in [0.05, 0.1) is 0 Å². The Hall–Kier alpha value is -0.0800. The molecule has 1 aliphatic rings. The lowest BCUT2D eigenvalue weighted by molar-refractivity contribution is 0.379. The first kappa shape index (κ1) is 15.0. The highest BCUT2D eigenvalue weighted by atomic mass is 15.0. The largest absolute Gasteiger partial charge is 0.313 e. The third-order valence-corrected chi connectivity index (χ3v) is 4.93. The molecule has 2 heteroatoms. The van der Waals surface area contributed by atoms with Crippen molar-refractivity contribution in [1.82, 2.24) is 10.6 Å². The summed E-state index contributed by atoms with van der Waals surface area (Å²) in [5.41, 5.74) is 1.21. The van der Waals surface area contributed by atoms with Gasteiger partial charge < -0.3 is 10.6 Å². The van der Waals surface area contributed by atoms with Gasteiger partial charge in [-0.05, 0) is 51.0 Å². The first-order valence-electron chi connectivity index (χ1n) is 6.97. The number of rotatable bonds is 5. The highest BCUT2D eigenvalue weighted by Gasteiger charge is 2.63.